The largest absolute Gasteiger partial charge is 0.408 e. The van der Waals surface area contributed by atoms with E-state index in [9.17, 15) is 13.2 Å². The van der Waals surface area contributed by atoms with Gasteiger partial charge in [0.1, 0.15) is 6.54 Å². The lowest BCUT2D eigenvalue weighted by Gasteiger charge is -2.25. The van der Waals surface area contributed by atoms with Crippen molar-refractivity contribution in [2.24, 2.45) is 0 Å². The number of likely N-dealkylation sites (N-methyl/N-ethyl adjacent to an activating group) is 2. The number of nitrogens with zero attached hydrogens (tertiary/aromatic N) is 6. The second kappa shape index (κ2) is 8.53. The zero-order chi connectivity index (χ0) is 16.3. The number of halogens is 4. The number of hydrogen-bond acceptors (Lipinski definition) is 6. The van der Waals surface area contributed by atoms with Crippen LogP contribution in [0.2, 0.25) is 0 Å². The predicted molar refractivity (Wildman–Crippen MR) is 87.5 cm³/mol. The first-order valence-electron chi connectivity index (χ1n) is 7.02. The van der Waals surface area contributed by atoms with Crippen molar-refractivity contribution in [3.8, 4) is 0 Å². The summed E-state index contributed by atoms with van der Waals surface area (Å²) < 4.78 is 43.5. The maximum absolute atomic E-state index is 12.4. The van der Waals surface area contributed by atoms with E-state index in [0.717, 1.165) is 24.2 Å². The molecule has 134 valence electrons. The monoisotopic (exact) mass is 450 g/mol. The van der Waals surface area contributed by atoms with Crippen molar-refractivity contribution in [3.05, 3.63) is 5.82 Å². The van der Waals surface area contributed by atoms with E-state index in [1.807, 2.05) is 19.0 Å². The van der Waals surface area contributed by atoms with E-state index in [1.54, 1.807) is 7.11 Å². The Labute approximate surface area is 150 Å². The Balaban J connectivity index is 0.00000264. The molecule has 7 nitrogen and oxygen atoms in total. The summed E-state index contributed by atoms with van der Waals surface area (Å²) in [5.41, 5.74) is 0. The van der Waals surface area contributed by atoms with Gasteiger partial charge in [-0.05, 0) is 30.9 Å². The number of tetrazole rings is 1. The summed E-state index contributed by atoms with van der Waals surface area (Å²) in [6.07, 6.45) is -3.22. The molecule has 0 aliphatic carbocycles. The number of methoxy groups -OCH3 is 1. The van der Waals surface area contributed by atoms with Crippen LogP contribution in [0, 0.1) is 0 Å². The molecule has 1 aliphatic rings. The van der Waals surface area contributed by atoms with Gasteiger partial charge in [-0.25, -0.2) is 4.68 Å². The lowest BCUT2D eigenvalue weighted by atomic mass is 10.2. The molecular weight excluding hydrogens is 428 g/mol. The van der Waals surface area contributed by atoms with Crippen molar-refractivity contribution in [3.63, 3.8) is 0 Å². The molecule has 11 heteroatoms. The number of hydrogen-bond donors (Lipinski definition) is 0. The zero-order valence-corrected chi connectivity index (χ0v) is 15.7. The summed E-state index contributed by atoms with van der Waals surface area (Å²) in [5, 5.41) is 10.4. The summed E-state index contributed by atoms with van der Waals surface area (Å²) in [6.45, 7) is 0.680. The normalized spacial score (nSPS) is 22.6. The van der Waals surface area contributed by atoms with Gasteiger partial charge in [0, 0.05) is 26.2 Å². The van der Waals surface area contributed by atoms with Gasteiger partial charge in [0.05, 0.1) is 12.6 Å². The smallest absolute Gasteiger partial charge is 0.380 e. The van der Waals surface area contributed by atoms with Gasteiger partial charge in [0.25, 0.3) is 0 Å². The van der Waals surface area contributed by atoms with E-state index in [2.05, 4.69) is 20.4 Å². The van der Waals surface area contributed by atoms with Crippen LogP contribution in [0.3, 0.4) is 0 Å². The Bertz CT molecular complexity index is 486. The molecule has 0 unspecified atom stereocenters. The number of alkyl halides is 3. The third-order valence-electron chi connectivity index (χ3n) is 3.85. The van der Waals surface area contributed by atoms with Crippen molar-refractivity contribution in [1.29, 1.82) is 0 Å². The van der Waals surface area contributed by atoms with Crippen LogP contribution in [0.5, 0.6) is 0 Å². The Kier molecular flexibility index (Phi) is 7.61. The minimum absolute atomic E-state index is 0. The van der Waals surface area contributed by atoms with Gasteiger partial charge in [0.15, 0.2) is 5.82 Å². The summed E-state index contributed by atoms with van der Waals surface area (Å²) in [4.78, 5) is 4.13. The van der Waals surface area contributed by atoms with Crippen LogP contribution >= 0.6 is 24.0 Å². The fraction of sp³-hybridized carbons (Fsp3) is 0.917. The molecule has 0 radical (unpaired) electrons. The molecule has 0 amide bonds. The molecular formula is C12H22F3IN6O. The average molecular weight is 450 g/mol. The maximum atomic E-state index is 12.4. The van der Waals surface area contributed by atoms with E-state index >= 15 is 0 Å². The lowest BCUT2D eigenvalue weighted by molar-refractivity contribution is -0.143. The highest BCUT2D eigenvalue weighted by Crippen LogP contribution is 2.20. The van der Waals surface area contributed by atoms with Crippen LogP contribution in [0.4, 0.5) is 13.2 Å². The minimum atomic E-state index is -4.33. The molecule has 23 heavy (non-hydrogen) atoms. The second-order valence-electron chi connectivity index (χ2n) is 5.75. The highest BCUT2D eigenvalue weighted by molar-refractivity contribution is 14.0. The van der Waals surface area contributed by atoms with Crippen LogP contribution < -0.4 is 0 Å². The summed E-state index contributed by atoms with van der Waals surface area (Å²) in [7, 11) is 5.56. The molecule has 1 saturated heterocycles. The first-order valence-corrected chi connectivity index (χ1v) is 7.02. The van der Waals surface area contributed by atoms with E-state index in [0.29, 0.717) is 6.04 Å². The van der Waals surface area contributed by atoms with Crippen LogP contribution in [0.25, 0.3) is 0 Å². The first kappa shape index (κ1) is 20.5. The van der Waals surface area contributed by atoms with Crippen LogP contribution in [-0.4, -0.2) is 82.6 Å². The Morgan fingerprint density at radius 2 is 2.09 bits per heavy atom. The molecule has 2 atom stereocenters. The lowest BCUT2D eigenvalue weighted by Crippen LogP contribution is -2.37. The molecule has 2 rings (SSSR count). The number of aromatic nitrogens is 4. The van der Waals surface area contributed by atoms with E-state index in [4.69, 9.17) is 4.74 Å². The molecule has 2 heterocycles. The number of ether oxygens (including phenoxy) is 1. The second-order valence-corrected chi connectivity index (χ2v) is 5.75. The van der Waals surface area contributed by atoms with Crippen molar-refractivity contribution < 1.29 is 17.9 Å². The quantitative estimate of drug-likeness (QED) is 0.604. The van der Waals surface area contributed by atoms with Gasteiger partial charge in [0.2, 0.25) is 0 Å². The van der Waals surface area contributed by atoms with Crippen LogP contribution in [0.1, 0.15) is 12.2 Å². The van der Waals surface area contributed by atoms with Crippen molar-refractivity contribution in [2.75, 3.05) is 34.3 Å². The van der Waals surface area contributed by atoms with Crippen LogP contribution in [0.15, 0.2) is 0 Å². The Morgan fingerprint density at radius 3 is 2.65 bits per heavy atom. The molecule has 1 aromatic heterocycles. The van der Waals surface area contributed by atoms with E-state index in [-0.39, 0.29) is 42.4 Å². The first-order chi connectivity index (χ1) is 10.3. The van der Waals surface area contributed by atoms with Gasteiger partial charge >= 0.3 is 6.18 Å². The Morgan fingerprint density at radius 1 is 1.39 bits per heavy atom. The van der Waals surface area contributed by atoms with Gasteiger partial charge in [-0.3, -0.25) is 9.80 Å². The van der Waals surface area contributed by atoms with Gasteiger partial charge in [-0.1, -0.05) is 0 Å². The third kappa shape index (κ3) is 6.12. The molecule has 0 aromatic carbocycles. The maximum Gasteiger partial charge on any atom is 0.408 e. The zero-order valence-electron chi connectivity index (χ0n) is 13.3. The molecule has 0 spiro atoms. The molecule has 1 aliphatic heterocycles. The molecule has 0 saturated carbocycles. The summed E-state index contributed by atoms with van der Waals surface area (Å²) in [6, 6.07) is 0.307. The van der Waals surface area contributed by atoms with Crippen molar-refractivity contribution in [1.82, 2.24) is 30.0 Å². The molecule has 0 bridgehead atoms. The minimum Gasteiger partial charge on any atom is -0.380 e. The van der Waals surface area contributed by atoms with E-state index in [1.165, 1.54) is 0 Å². The molecule has 1 aromatic rings. The summed E-state index contributed by atoms with van der Waals surface area (Å²) in [5.74, 6) is 0.212. The molecule has 0 N–H and O–H groups in total. The van der Waals surface area contributed by atoms with Crippen molar-refractivity contribution >= 4 is 24.0 Å². The SMILES string of the molecule is CO[C@H]1C[C@@H](CN(C)Cc2nnnn2CC(F)(F)F)N(C)C1.I. The average Bonchev–Trinajstić information content (AvgIpc) is 2.96. The number of rotatable bonds is 6. The van der Waals surface area contributed by atoms with Crippen LogP contribution in [-0.2, 0) is 17.8 Å². The van der Waals surface area contributed by atoms with Gasteiger partial charge in [-0.15, -0.1) is 29.1 Å². The van der Waals surface area contributed by atoms with Gasteiger partial charge in [-0.2, -0.15) is 13.2 Å². The van der Waals surface area contributed by atoms with E-state index < -0.39 is 12.7 Å². The fourth-order valence-electron chi connectivity index (χ4n) is 2.71. The third-order valence-corrected chi connectivity index (χ3v) is 3.85. The molecule has 1 fully saturated rings. The fourth-order valence-corrected chi connectivity index (χ4v) is 2.71. The predicted octanol–water partition coefficient (Wildman–Crippen LogP) is 1.00. The standard InChI is InChI=1S/C12H21F3N6O.HI/c1-19(5-9-4-10(22-3)6-20(9)2)7-11-16-17-18-21(11)8-12(13,14)15;/h9-10H,4-8H2,1-3H3;1H/t9-,10-;/m0./s1. The highest BCUT2D eigenvalue weighted by atomic mass is 127. The topological polar surface area (TPSA) is 59.3 Å². The van der Waals surface area contributed by atoms with Gasteiger partial charge < -0.3 is 4.74 Å². The summed E-state index contributed by atoms with van der Waals surface area (Å²) >= 11 is 0. The number of likely N-dealkylation sites (tertiary alicyclic amines) is 1. The van der Waals surface area contributed by atoms with Crippen molar-refractivity contribution in [2.45, 2.75) is 37.8 Å². The highest BCUT2D eigenvalue weighted by Gasteiger charge is 2.32. The Hall–Kier alpha value is -0.530.